The number of H-pyrrole nitrogens is 1. The van der Waals surface area contributed by atoms with Crippen LogP contribution in [0.5, 0.6) is 5.75 Å². The zero-order valence-corrected chi connectivity index (χ0v) is 20.1. The van der Waals surface area contributed by atoms with Crippen LogP contribution in [0.15, 0.2) is 28.9 Å². The molecule has 0 spiro atoms. The molecule has 0 atom stereocenters. The van der Waals surface area contributed by atoms with Crippen molar-refractivity contribution in [2.24, 2.45) is 0 Å². The lowest BCUT2D eigenvalue weighted by molar-refractivity contribution is -0.136. The summed E-state index contributed by atoms with van der Waals surface area (Å²) >= 11 is 3.21. The van der Waals surface area contributed by atoms with Crippen LogP contribution in [0.2, 0.25) is 0 Å². The molecule has 34 heavy (non-hydrogen) atoms. The first-order chi connectivity index (χ1) is 15.7. The van der Waals surface area contributed by atoms with Crippen LogP contribution in [-0.4, -0.2) is 38.7 Å². The highest BCUT2D eigenvalue weighted by molar-refractivity contribution is 9.10. The Hall–Kier alpha value is -2.06. The second-order valence-electron chi connectivity index (χ2n) is 7.01. The predicted molar refractivity (Wildman–Crippen MR) is 116 cm³/mol. The highest BCUT2D eigenvalue weighted by Gasteiger charge is 2.53. The van der Waals surface area contributed by atoms with Gasteiger partial charge in [-0.25, -0.2) is 0 Å². The maximum atomic E-state index is 14.4. The van der Waals surface area contributed by atoms with Crippen molar-refractivity contribution in [2.75, 3.05) is 6.61 Å². The van der Waals surface area contributed by atoms with E-state index in [0.29, 0.717) is 17.0 Å². The summed E-state index contributed by atoms with van der Waals surface area (Å²) < 4.78 is 82.5. The third kappa shape index (κ3) is 5.95. The first kappa shape index (κ1) is 26.5. The molecule has 0 unspecified atom stereocenters. The lowest BCUT2D eigenvalue weighted by Gasteiger charge is -2.16. The zero-order valence-electron chi connectivity index (χ0n) is 16.8. The van der Waals surface area contributed by atoms with Crippen molar-refractivity contribution >= 4 is 50.9 Å². The second kappa shape index (κ2) is 9.90. The lowest BCUT2D eigenvalue weighted by Crippen LogP contribution is -2.23. The van der Waals surface area contributed by atoms with E-state index in [-0.39, 0.29) is 32.4 Å². The molecule has 1 aromatic carbocycles. The lowest BCUT2D eigenvalue weighted by atomic mass is 10.1. The van der Waals surface area contributed by atoms with E-state index in [1.807, 2.05) is 0 Å². The largest absolute Gasteiger partial charge is 0.492 e. The van der Waals surface area contributed by atoms with Crippen molar-refractivity contribution in [3.05, 3.63) is 45.0 Å². The third-order valence-corrected chi connectivity index (χ3v) is 7.94. The monoisotopic (exact) mass is 591 g/mol. The summed E-state index contributed by atoms with van der Waals surface area (Å²) in [6, 6.07) is 3.98. The van der Waals surface area contributed by atoms with Gasteiger partial charge >= 0.3 is 19.4 Å². The van der Waals surface area contributed by atoms with Crippen molar-refractivity contribution in [3.8, 4) is 5.75 Å². The quantitative estimate of drug-likeness (QED) is 0.153. The number of ether oxygens (including phenoxy) is 1. The number of nitrogens with one attached hydrogen (secondary N) is 2. The van der Waals surface area contributed by atoms with Crippen molar-refractivity contribution in [1.82, 2.24) is 15.5 Å². The first-order valence-electron chi connectivity index (χ1n) is 9.36. The van der Waals surface area contributed by atoms with E-state index in [1.54, 1.807) is 6.07 Å². The highest BCUT2D eigenvalue weighted by Crippen LogP contribution is 2.63. The van der Waals surface area contributed by atoms with E-state index < -0.39 is 49.7 Å². The molecule has 0 aliphatic heterocycles. The third-order valence-electron chi connectivity index (χ3n) is 4.46. The number of hydrogen-bond donors (Lipinski definition) is 4. The summed E-state index contributed by atoms with van der Waals surface area (Å²) in [4.78, 5) is 29.8. The van der Waals surface area contributed by atoms with Gasteiger partial charge in [-0.1, -0.05) is 0 Å². The Balaban J connectivity index is 1.99. The molecule has 0 fully saturated rings. The normalized spacial score (nSPS) is 12.8. The molecule has 2 aromatic heterocycles. The van der Waals surface area contributed by atoms with Gasteiger partial charge in [0.2, 0.25) is 0 Å². The molecule has 2 heterocycles. The van der Waals surface area contributed by atoms with Crippen LogP contribution >= 0.6 is 34.9 Å². The number of carbonyl (C=O) groups excluding carboxylic acids is 1. The number of rotatable bonds is 9. The van der Waals surface area contributed by atoms with Gasteiger partial charge in [-0.3, -0.25) is 14.5 Å². The van der Waals surface area contributed by atoms with E-state index >= 15 is 0 Å². The van der Waals surface area contributed by atoms with Crippen LogP contribution in [0, 0.1) is 0 Å². The van der Waals surface area contributed by atoms with E-state index in [9.17, 15) is 31.3 Å². The van der Waals surface area contributed by atoms with Crippen molar-refractivity contribution in [1.29, 1.82) is 0 Å². The molecule has 0 aliphatic rings. The predicted octanol–water partition coefficient (Wildman–Crippen LogP) is 5.27. The van der Waals surface area contributed by atoms with Gasteiger partial charge in [0, 0.05) is 28.0 Å². The second-order valence-corrected chi connectivity index (χ2v) is 10.5. The summed E-state index contributed by atoms with van der Waals surface area (Å²) in [5.74, 6) is -0.831. The molecule has 8 nitrogen and oxygen atoms in total. The topological polar surface area (TPSA) is 125 Å². The van der Waals surface area contributed by atoms with E-state index in [4.69, 9.17) is 14.5 Å². The minimum Gasteiger partial charge on any atom is -0.492 e. The fourth-order valence-corrected chi connectivity index (χ4v) is 5.79. The van der Waals surface area contributed by atoms with Crippen LogP contribution in [0.25, 0.3) is 10.1 Å². The molecule has 3 aromatic rings. The van der Waals surface area contributed by atoms with Gasteiger partial charge in [-0.05, 0) is 40.5 Å². The molecule has 3 rings (SSSR count). The molecule has 0 saturated carbocycles. The minimum atomic E-state index is -5.91. The number of fused-ring (bicyclic) bond motifs is 1. The summed E-state index contributed by atoms with van der Waals surface area (Å²) in [5.41, 5.74) is -4.05. The maximum Gasteiger partial charge on any atom is 0.400 e. The van der Waals surface area contributed by atoms with Crippen LogP contribution in [0.3, 0.4) is 0 Å². The van der Waals surface area contributed by atoms with E-state index in [0.717, 1.165) is 0 Å². The Morgan fingerprint density at radius 3 is 2.56 bits per heavy atom. The number of carbonyl (C=O) groups is 1. The summed E-state index contributed by atoms with van der Waals surface area (Å²) in [5, 5.41) is 8.90. The number of thiophene rings is 1. The average Bonchev–Trinajstić information content (AvgIpc) is 3.36. The number of aromatic amines is 1. The van der Waals surface area contributed by atoms with Gasteiger partial charge in [0.1, 0.15) is 10.6 Å². The molecule has 0 saturated heterocycles. The minimum absolute atomic E-state index is 0.0202. The maximum absolute atomic E-state index is 14.4. The Bertz CT molecular complexity index is 1230. The molecule has 16 heteroatoms. The SMILES string of the molecule is O=C(NCc1ccn[nH]1)c1cc(OCCCC(F)(F)F)c2sc(C(F)(F)P(=O)(O)O)c(Br)c2c1. The molecular formula is C18H16BrF5N3O5PS. The Morgan fingerprint density at radius 1 is 1.26 bits per heavy atom. The Kier molecular flexibility index (Phi) is 7.73. The first-order valence-corrected chi connectivity index (χ1v) is 12.6. The summed E-state index contributed by atoms with van der Waals surface area (Å²) in [7, 11) is -5.91. The van der Waals surface area contributed by atoms with Crippen LogP contribution in [-0.2, 0) is 16.8 Å². The fourth-order valence-electron chi connectivity index (χ4n) is 2.82. The number of aromatic nitrogens is 2. The van der Waals surface area contributed by atoms with Gasteiger partial charge in [-0.2, -0.15) is 27.1 Å². The Labute approximate surface area is 200 Å². The smallest absolute Gasteiger partial charge is 0.400 e. The average molecular weight is 592 g/mol. The fraction of sp³-hybridized carbons (Fsp3) is 0.333. The zero-order chi connectivity index (χ0) is 25.3. The van der Waals surface area contributed by atoms with Gasteiger partial charge in [0.25, 0.3) is 5.91 Å². The Morgan fingerprint density at radius 2 is 1.97 bits per heavy atom. The van der Waals surface area contributed by atoms with Gasteiger partial charge in [-0.15, -0.1) is 11.3 Å². The van der Waals surface area contributed by atoms with Crippen LogP contribution in [0.1, 0.15) is 33.8 Å². The molecule has 4 N–H and O–H groups in total. The molecule has 0 radical (unpaired) electrons. The highest BCUT2D eigenvalue weighted by atomic mass is 79.9. The number of amides is 1. The van der Waals surface area contributed by atoms with Gasteiger partial charge < -0.3 is 19.8 Å². The summed E-state index contributed by atoms with van der Waals surface area (Å²) in [6.45, 7) is -0.390. The number of halogens is 6. The molecule has 1 amide bonds. The van der Waals surface area contributed by atoms with Crippen molar-refractivity contribution < 1.29 is 45.8 Å². The number of nitrogens with zero attached hydrogens (tertiary/aromatic N) is 1. The molecule has 0 bridgehead atoms. The molecular weight excluding hydrogens is 576 g/mol. The van der Waals surface area contributed by atoms with Crippen molar-refractivity contribution in [3.63, 3.8) is 0 Å². The molecule has 0 aliphatic carbocycles. The van der Waals surface area contributed by atoms with E-state index in [2.05, 4.69) is 31.4 Å². The van der Waals surface area contributed by atoms with Crippen LogP contribution in [0.4, 0.5) is 22.0 Å². The van der Waals surface area contributed by atoms with E-state index in [1.165, 1.54) is 18.3 Å². The summed E-state index contributed by atoms with van der Waals surface area (Å²) in [6.07, 6.45) is -4.53. The standard InChI is InChI=1S/C18H16BrF5N3O5PS/c19-13-11-6-9(16(28)25-8-10-2-4-26-27-10)7-12(32-5-1-3-17(20,21)22)14(11)34-15(13)18(23,24)33(29,30)31/h2,4,6-7H,1,3,5,8H2,(H,25,28)(H,26,27)(H2,29,30,31). The van der Waals surface area contributed by atoms with Gasteiger partial charge in [0.05, 0.1) is 23.5 Å². The number of hydrogen-bond acceptors (Lipinski definition) is 5. The molecule has 186 valence electrons. The number of benzene rings is 1. The van der Waals surface area contributed by atoms with Crippen LogP contribution < -0.4 is 10.1 Å². The van der Waals surface area contributed by atoms with Crippen molar-refractivity contribution in [2.45, 2.75) is 31.2 Å². The number of alkyl halides is 5. The van der Waals surface area contributed by atoms with Gasteiger partial charge in [0.15, 0.2) is 0 Å².